The highest BCUT2D eigenvalue weighted by Crippen LogP contribution is 2.44. The molecule has 1 aromatic heterocycles. The van der Waals surface area contributed by atoms with E-state index in [0.29, 0.717) is 25.0 Å². The van der Waals surface area contributed by atoms with E-state index in [0.717, 1.165) is 30.1 Å². The second kappa shape index (κ2) is 11.2. The molecule has 0 saturated heterocycles. The van der Waals surface area contributed by atoms with Crippen molar-refractivity contribution in [3.63, 3.8) is 0 Å². The van der Waals surface area contributed by atoms with Crippen molar-refractivity contribution in [1.82, 2.24) is 4.98 Å². The summed E-state index contributed by atoms with van der Waals surface area (Å²) in [6, 6.07) is 3.40. The lowest BCUT2D eigenvalue weighted by Crippen LogP contribution is -2.26. The molecule has 0 radical (unpaired) electrons. The maximum atomic E-state index is 14.3. The number of hydrogen-bond donors (Lipinski definition) is 0. The summed E-state index contributed by atoms with van der Waals surface area (Å²) >= 11 is 0. The SMILES string of the molecule is Fc1nc(OCC2=CCC(C3CCC(C4CCCC4)CC3)CC2)ccc1OCC1CCCC1. The van der Waals surface area contributed by atoms with Crippen molar-refractivity contribution >= 4 is 0 Å². The Morgan fingerprint density at radius 2 is 1.42 bits per heavy atom. The maximum absolute atomic E-state index is 14.3. The lowest BCUT2D eigenvalue weighted by Gasteiger charge is -2.37. The van der Waals surface area contributed by atoms with Gasteiger partial charge in [0.15, 0.2) is 5.75 Å². The zero-order valence-corrected chi connectivity index (χ0v) is 20.3. The number of hydrogen-bond acceptors (Lipinski definition) is 3. The van der Waals surface area contributed by atoms with Gasteiger partial charge in [-0.15, -0.1) is 0 Å². The summed E-state index contributed by atoms with van der Waals surface area (Å²) in [5.74, 6) is 4.46. The van der Waals surface area contributed by atoms with Gasteiger partial charge >= 0.3 is 0 Å². The Bertz CT molecular complexity index is 789. The number of aromatic nitrogens is 1. The molecule has 0 aliphatic heterocycles. The molecule has 182 valence electrons. The predicted octanol–water partition coefficient (Wildman–Crippen LogP) is 7.89. The van der Waals surface area contributed by atoms with Gasteiger partial charge in [-0.3, -0.25) is 0 Å². The van der Waals surface area contributed by atoms with Gasteiger partial charge in [-0.1, -0.05) is 44.6 Å². The molecule has 0 aromatic carbocycles. The maximum Gasteiger partial charge on any atom is 0.258 e. The van der Waals surface area contributed by atoms with Crippen molar-refractivity contribution in [2.45, 2.75) is 96.3 Å². The molecule has 0 amide bonds. The van der Waals surface area contributed by atoms with Crippen molar-refractivity contribution in [2.24, 2.45) is 29.6 Å². The van der Waals surface area contributed by atoms with Crippen LogP contribution in [-0.4, -0.2) is 18.2 Å². The van der Waals surface area contributed by atoms with Crippen LogP contribution in [-0.2, 0) is 0 Å². The summed E-state index contributed by atoms with van der Waals surface area (Å²) in [6.07, 6.45) is 22.7. The Hall–Kier alpha value is -1.58. The molecule has 3 saturated carbocycles. The fraction of sp³-hybridized carbons (Fsp3) is 0.759. The molecule has 1 atom stereocenters. The summed E-state index contributed by atoms with van der Waals surface area (Å²) in [5.41, 5.74) is 1.34. The van der Waals surface area contributed by atoms with Crippen molar-refractivity contribution in [2.75, 3.05) is 13.2 Å². The van der Waals surface area contributed by atoms with Crippen molar-refractivity contribution < 1.29 is 13.9 Å². The molecular weight excluding hydrogens is 413 g/mol. The van der Waals surface area contributed by atoms with Crippen LogP contribution < -0.4 is 9.47 Å². The van der Waals surface area contributed by atoms with E-state index in [1.807, 2.05) is 0 Å². The van der Waals surface area contributed by atoms with Gasteiger partial charge in [0, 0.05) is 6.07 Å². The Labute approximate surface area is 199 Å². The summed E-state index contributed by atoms with van der Waals surface area (Å²) in [7, 11) is 0. The lowest BCUT2D eigenvalue weighted by atomic mass is 9.69. The molecule has 3 nitrogen and oxygen atoms in total. The molecule has 1 heterocycles. The minimum Gasteiger partial charge on any atom is -0.488 e. The van der Waals surface area contributed by atoms with Crippen LogP contribution in [0.15, 0.2) is 23.8 Å². The van der Waals surface area contributed by atoms with Gasteiger partial charge in [0.25, 0.3) is 5.95 Å². The zero-order chi connectivity index (χ0) is 22.5. The fourth-order valence-corrected chi connectivity index (χ4v) is 7.13. The van der Waals surface area contributed by atoms with E-state index < -0.39 is 5.95 Å². The minimum absolute atomic E-state index is 0.247. The molecule has 3 fully saturated rings. The zero-order valence-electron chi connectivity index (χ0n) is 20.3. The molecule has 33 heavy (non-hydrogen) atoms. The van der Waals surface area contributed by atoms with E-state index in [-0.39, 0.29) is 5.75 Å². The van der Waals surface area contributed by atoms with Crippen LogP contribution in [0.4, 0.5) is 4.39 Å². The summed E-state index contributed by atoms with van der Waals surface area (Å²) in [4.78, 5) is 3.99. The number of nitrogens with zero attached hydrogens (tertiary/aromatic N) is 1. The highest BCUT2D eigenvalue weighted by Gasteiger charge is 2.32. The van der Waals surface area contributed by atoms with Gasteiger partial charge in [0.05, 0.1) is 6.61 Å². The molecule has 0 spiro atoms. The van der Waals surface area contributed by atoms with Crippen LogP contribution in [0, 0.1) is 35.5 Å². The molecule has 5 rings (SSSR count). The average Bonchev–Trinajstić information content (AvgIpc) is 3.57. The molecule has 0 N–H and O–H groups in total. The first kappa shape index (κ1) is 23.2. The van der Waals surface area contributed by atoms with Gasteiger partial charge < -0.3 is 9.47 Å². The van der Waals surface area contributed by atoms with E-state index in [4.69, 9.17) is 9.47 Å². The third-order valence-electron chi connectivity index (χ3n) is 9.24. The van der Waals surface area contributed by atoms with Crippen LogP contribution in [0.5, 0.6) is 11.6 Å². The molecule has 4 heteroatoms. The van der Waals surface area contributed by atoms with Gasteiger partial charge in [-0.05, 0) is 99.0 Å². The van der Waals surface area contributed by atoms with Crippen molar-refractivity contribution in [3.8, 4) is 11.6 Å². The largest absolute Gasteiger partial charge is 0.488 e. The minimum atomic E-state index is -0.559. The van der Waals surface area contributed by atoms with E-state index in [9.17, 15) is 4.39 Å². The topological polar surface area (TPSA) is 31.4 Å². The molecular formula is C29H42FNO2. The van der Waals surface area contributed by atoms with E-state index >= 15 is 0 Å². The molecule has 0 bridgehead atoms. The summed E-state index contributed by atoms with van der Waals surface area (Å²) in [6.45, 7) is 1.12. The second-order valence-corrected chi connectivity index (χ2v) is 11.3. The predicted molar refractivity (Wildman–Crippen MR) is 130 cm³/mol. The Kier molecular flexibility index (Phi) is 7.89. The van der Waals surface area contributed by atoms with E-state index in [2.05, 4.69) is 11.1 Å². The summed E-state index contributed by atoms with van der Waals surface area (Å²) < 4.78 is 25.8. The fourth-order valence-electron chi connectivity index (χ4n) is 7.13. The van der Waals surface area contributed by atoms with Crippen LogP contribution in [0.2, 0.25) is 0 Å². The standard InChI is InChI=1S/C29H42FNO2/c30-29-27(32-19-21-5-1-2-6-21)17-18-28(31-29)33-20-22-9-11-24(12-10-22)26-15-13-25(14-16-26)23-7-3-4-8-23/h9,17-18,21,23-26H,1-8,10-16,19-20H2. The molecule has 4 aliphatic rings. The highest BCUT2D eigenvalue weighted by atomic mass is 19.1. The van der Waals surface area contributed by atoms with Crippen molar-refractivity contribution in [3.05, 3.63) is 29.7 Å². The van der Waals surface area contributed by atoms with Crippen LogP contribution in [0.1, 0.15) is 96.3 Å². The van der Waals surface area contributed by atoms with E-state index in [1.165, 1.54) is 95.5 Å². The van der Waals surface area contributed by atoms with Crippen LogP contribution in [0.25, 0.3) is 0 Å². The van der Waals surface area contributed by atoms with Crippen LogP contribution >= 0.6 is 0 Å². The number of pyridine rings is 1. The van der Waals surface area contributed by atoms with E-state index in [1.54, 1.807) is 12.1 Å². The Balaban J connectivity index is 1.04. The van der Waals surface area contributed by atoms with Crippen molar-refractivity contribution in [1.29, 1.82) is 0 Å². The average molecular weight is 456 g/mol. The Morgan fingerprint density at radius 3 is 2.09 bits per heavy atom. The number of allylic oxidation sites excluding steroid dienone is 1. The second-order valence-electron chi connectivity index (χ2n) is 11.3. The summed E-state index contributed by atoms with van der Waals surface area (Å²) in [5, 5.41) is 0. The monoisotopic (exact) mass is 455 g/mol. The molecule has 4 aliphatic carbocycles. The third kappa shape index (κ3) is 6.11. The smallest absolute Gasteiger partial charge is 0.258 e. The van der Waals surface area contributed by atoms with Gasteiger partial charge in [-0.25, -0.2) is 0 Å². The quantitative estimate of drug-likeness (QED) is 0.295. The van der Waals surface area contributed by atoms with Gasteiger partial charge in [0.1, 0.15) is 6.61 Å². The number of ether oxygens (including phenoxy) is 2. The number of halogens is 1. The molecule has 1 unspecified atom stereocenters. The highest BCUT2D eigenvalue weighted by molar-refractivity contribution is 5.25. The molecule has 1 aromatic rings. The van der Waals surface area contributed by atoms with Gasteiger partial charge in [0.2, 0.25) is 5.88 Å². The number of rotatable bonds is 8. The first-order valence-corrected chi connectivity index (χ1v) is 13.8. The van der Waals surface area contributed by atoms with Crippen LogP contribution in [0.3, 0.4) is 0 Å². The first-order valence-electron chi connectivity index (χ1n) is 13.8. The van der Waals surface area contributed by atoms with Gasteiger partial charge in [-0.2, -0.15) is 9.37 Å². The Morgan fingerprint density at radius 1 is 0.758 bits per heavy atom. The lowest BCUT2D eigenvalue weighted by molar-refractivity contribution is 0.155. The first-order chi connectivity index (χ1) is 16.2. The third-order valence-corrected chi connectivity index (χ3v) is 9.24. The normalized spacial score (nSPS) is 29.2.